The second kappa shape index (κ2) is 8.34. The highest BCUT2D eigenvalue weighted by Gasteiger charge is 2.40. The molecular formula is C17H29NO5. The van der Waals surface area contributed by atoms with Crippen LogP contribution in [0.15, 0.2) is 12.2 Å². The van der Waals surface area contributed by atoms with E-state index in [9.17, 15) is 14.7 Å². The van der Waals surface area contributed by atoms with Crippen LogP contribution in [0.4, 0.5) is 4.79 Å². The number of ether oxygens (including phenoxy) is 2. The van der Waals surface area contributed by atoms with Gasteiger partial charge in [-0.2, -0.15) is 0 Å². The number of carboxylic acids is 1. The fraction of sp³-hybridized carbons (Fsp3) is 0.765. The van der Waals surface area contributed by atoms with Gasteiger partial charge in [0.15, 0.2) is 0 Å². The van der Waals surface area contributed by atoms with Crippen LogP contribution in [0.25, 0.3) is 0 Å². The minimum Gasteiger partial charge on any atom is -0.481 e. The summed E-state index contributed by atoms with van der Waals surface area (Å²) >= 11 is 0. The average molecular weight is 327 g/mol. The number of nitrogens with one attached hydrogen (secondary N) is 1. The molecule has 0 radical (unpaired) electrons. The van der Waals surface area contributed by atoms with Crippen molar-refractivity contribution in [1.82, 2.24) is 5.32 Å². The molecule has 0 aromatic rings. The van der Waals surface area contributed by atoms with Crippen LogP contribution < -0.4 is 5.32 Å². The van der Waals surface area contributed by atoms with Gasteiger partial charge in [0.25, 0.3) is 0 Å². The Bertz CT molecular complexity index is 429. The first kappa shape index (κ1) is 19.5. The van der Waals surface area contributed by atoms with E-state index < -0.39 is 23.1 Å². The lowest BCUT2D eigenvalue weighted by molar-refractivity contribution is -0.146. The molecule has 0 unspecified atom stereocenters. The van der Waals surface area contributed by atoms with Crippen molar-refractivity contribution in [2.24, 2.45) is 5.41 Å². The highest BCUT2D eigenvalue weighted by Crippen LogP contribution is 2.35. The number of alkyl carbamates (subject to hydrolysis) is 1. The van der Waals surface area contributed by atoms with Crippen LogP contribution in [0.1, 0.15) is 53.4 Å². The minimum absolute atomic E-state index is 0.282. The fourth-order valence-electron chi connectivity index (χ4n) is 2.47. The molecule has 1 heterocycles. The van der Waals surface area contributed by atoms with Gasteiger partial charge in [-0.05, 0) is 46.5 Å². The van der Waals surface area contributed by atoms with Crippen LogP contribution in [0, 0.1) is 5.41 Å². The van der Waals surface area contributed by atoms with Crippen molar-refractivity contribution in [2.75, 3.05) is 13.2 Å². The smallest absolute Gasteiger partial charge is 0.408 e. The van der Waals surface area contributed by atoms with Crippen LogP contribution in [0.5, 0.6) is 0 Å². The van der Waals surface area contributed by atoms with E-state index in [1.54, 1.807) is 32.9 Å². The van der Waals surface area contributed by atoms with E-state index >= 15 is 0 Å². The first-order chi connectivity index (χ1) is 10.7. The van der Waals surface area contributed by atoms with E-state index in [2.05, 4.69) is 5.32 Å². The van der Waals surface area contributed by atoms with E-state index in [1.807, 2.05) is 6.92 Å². The largest absolute Gasteiger partial charge is 0.481 e. The summed E-state index contributed by atoms with van der Waals surface area (Å²) < 4.78 is 10.1. The zero-order chi connectivity index (χ0) is 17.5. The Morgan fingerprint density at radius 1 is 1.35 bits per heavy atom. The molecule has 0 spiro atoms. The van der Waals surface area contributed by atoms with Gasteiger partial charge in [-0.25, -0.2) is 4.79 Å². The zero-order valence-electron chi connectivity index (χ0n) is 14.6. The van der Waals surface area contributed by atoms with Gasteiger partial charge in [0, 0.05) is 13.2 Å². The molecular weight excluding hydrogens is 298 g/mol. The molecule has 1 amide bonds. The Labute approximate surface area is 138 Å². The molecule has 1 aliphatic carbocycles. The lowest BCUT2D eigenvalue weighted by Crippen LogP contribution is -2.39. The number of rotatable bonds is 3. The molecule has 2 aliphatic rings. The molecule has 23 heavy (non-hydrogen) atoms. The monoisotopic (exact) mass is 327 g/mol. The molecule has 0 aromatic carbocycles. The third-order valence-corrected chi connectivity index (χ3v) is 3.82. The summed E-state index contributed by atoms with van der Waals surface area (Å²) in [5, 5.41) is 11.9. The van der Waals surface area contributed by atoms with Crippen molar-refractivity contribution in [3.05, 3.63) is 12.2 Å². The third-order valence-electron chi connectivity index (χ3n) is 3.82. The van der Waals surface area contributed by atoms with E-state index in [4.69, 9.17) is 9.47 Å². The normalized spacial score (nSPS) is 26.3. The predicted molar refractivity (Wildman–Crippen MR) is 87.3 cm³/mol. The van der Waals surface area contributed by atoms with E-state index in [1.165, 1.54) is 12.8 Å². The first-order valence-electron chi connectivity index (χ1n) is 8.18. The molecule has 6 nitrogen and oxygen atoms in total. The quantitative estimate of drug-likeness (QED) is 0.778. The predicted octanol–water partition coefficient (Wildman–Crippen LogP) is 3.12. The van der Waals surface area contributed by atoms with Crippen molar-refractivity contribution >= 4 is 12.1 Å². The molecule has 1 aliphatic heterocycles. The average Bonchev–Trinajstić information content (AvgIpc) is 3.09. The summed E-state index contributed by atoms with van der Waals surface area (Å²) in [4.78, 5) is 22.8. The fourth-order valence-corrected chi connectivity index (χ4v) is 2.47. The number of hydrogen-bond donors (Lipinski definition) is 2. The standard InChI is InChI=1S/C13H21NO4.C4H8O/c1-5-13(10(15)16)7-6-9(8-13)14-11(17)18-12(2,3)4;1-2-4-5-3-1/h6-7,9H,5,8H2,1-4H3,(H,14,17)(H,15,16);1-4H2/t9-,13+;/m1./s1. The number of carbonyl (C=O) groups is 2. The zero-order valence-corrected chi connectivity index (χ0v) is 14.6. The van der Waals surface area contributed by atoms with Gasteiger partial charge < -0.3 is 19.9 Å². The van der Waals surface area contributed by atoms with Gasteiger partial charge in [0.1, 0.15) is 5.60 Å². The van der Waals surface area contributed by atoms with Gasteiger partial charge in [-0.15, -0.1) is 0 Å². The number of carboxylic acid groups (broad SMARTS) is 1. The molecule has 0 saturated carbocycles. The van der Waals surface area contributed by atoms with Gasteiger partial charge in [0.2, 0.25) is 0 Å². The number of aliphatic carboxylic acids is 1. The maximum atomic E-state index is 11.6. The number of carbonyl (C=O) groups excluding carboxylic acids is 1. The Balaban J connectivity index is 0.000000446. The summed E-state index contributed by atoms with van der Waals surface area (Å²) in [6, 6.07) is -0.282. The Morgan fingerprint density at radius 2 is 1.96 bits per heavy atom. The van der Waals surface area contributed by atoms with Gasteiger partial charge in [0.05, 0.1) is 11.5 Å². The van der Waals surface area contributed by atoms with Crippen LogP contribution >= 0.6 is 0 Å². The van der Waals surface area contributed by atoms with Crippen LogP contribution in [0.3, 0.4) is 0 Å². The molecule has 2 N–H and O–H groups in total. The highest BCUT2D eigenvalue weighted by atomic mass is 16.6. The molecule has 0 bridgehead atoms. The minimum atomic E-state index is -0.861. The van der Waals surface area contributed by atoms with Crippen molar-refractivity contribution in [3.63, 3.8) is 0 Å². The molecule has 6 heteroatoms. The van der Waals surface area contributed by atoms with Crippen LogP contribution in [0.2, 0.25) is 0 Å². The SMILES string of the molecule is C1CCOC1.CC[C@]1(C(=O)O)C=C[C@@H](NC(=O)OC(C)(C)C)C1. The van der Waals surface area contributed by atoms with E-state index in [-0.39, 0.29) is 6.04 Å². The topological polar surface area (TPSA) is 84.9 Å². The van der Waals surface area contributed by atoms with Crippen LogP contribution in [-0.2, 0) is 14.3 Å². The summed E-state index contributed by atoms with van der Waals surface area (Å²) in [7, 11) is 0. The Morgan fingerprint density at radius 3 is 2.30 bits per heavy atom. The molecule has 0 aromatic heterocycles. The molecule has 2 atom stereocenters. The van der Waals surface area contributed by atoms with Gasteiger partial charge in [-0.1, -0.05) is 19.1 Å². The third kappa shape index (κ3) is 6.60. The van der Waals surface area contributed by atoms with Crippen molar-refractivity contribution in [1.29, 1.82) is 0 Å². The number of hydrogen-bond acceptors (Lipinski definition) is 4. The van der Waals surface area contributed by atoms with Crippen molar-refractivity contribution < 1.29 is 24.2 Å². The van der Waals surface area contributed by atoms with Crippen molar-refractivity contribution in [3.8, 4) is 0 Å². The van der Waals surface area contributed by atoms with E-state index in [0.717, 1.165) is 13.2 Å². The van der Waals surface area contributed by atoms with Crippen LogP contribution in [-0.4, -0.2) is 42.0 Å². The maximum absolute atomic E-state index is 11.6. The lowest BCUT2D eigenvalue weighted by Gasteiger charge is -2.24. The van der Waals surface area contributed by atoms with Crippen molar-refractivity contribution in [2.45, 2.75) is 65.0 Å². The second-order valence-electron chi connectivity index (χ2n) is 6.95. The molecule has 132 valence electrons. The lowest BCUT2D eigenvalue weighted by atomic mass is 9.84. The highest BCUT2D eigenvalue weighted by molar-refractivity contribution is 5.78. The van der Waals surface area contributed by atoms with Gasteiger partial charge >= 0.3 is 12.1 Å². The summed E-state index contributed by atoms with van der Waals surface area (Å²) in [6.45, 7) is 9.17. The first-order valence-corrected chi connectivity index (χ1v) is 8.18. The maximum Gasteiger partial charge on any atom is 0.408 e. The van der Waals surface area contributed by atoms with E-state index in [0.29, 0.717) is 12.8 Å². The summed E-state index contributed by atoms with van der Waals surface area (Å²) in [5.74, 6) is -0.852. The summed E-state index contributed by atoms with van der Waals surface area (Å²) in [5.41, 5.74) is -1.42. The second-order valence-corrected chi connectivity index (χ2v) is 6.95. The molecule has 1 fully saturated rings. The number of amides is 1. The molecule has 1 saturated heterocycles. The molecule has 2 rings (SSSR count). The summed E-state index contributed by atoms with van der Waals surface area (Å²) in [6.07, 6.45) is 6.30. The Hall–Kier alpha value is -1.56. The Kier molecular flexibility index (Phi) is 7.06. The van der Waals surface area contributed by atoms with Gasteiger partial charge in [-0.3, -0.25) is 4.79 Å².